The predicted molar refractivity (Wildman–Crippen MR) is 123 cm³/mol. The van der Waals surface area contributed by atoms with Crippen LogP contribution in [0.2, 0.25) is 0 Å². The number of methoxy groups -OCH3 is 1. The normalized spacial score (nSPS) is 22.5. The van der Waals surface area contributed by atoms with Gasteiger partial charge in [0, 0.05) is 49.6 Å². The second kappa shape index (κ2) is 10.5. The molecule has 0 amide bonds. The third kappa shape index (κ3) is 5.40. The van der Waals surface area contributed by atoms with Gasteiger partial charge < -0.3 is 24.6 Å². The molecule has 0 radical (unpaired) electrons. The average molecular weight is 432 g/mol. The summed E-state index contributed by atoms with van der Waals surface area (Å²) < 4.78 is 10.7. The van der Waals surface area contributed by atoms with E-state index in [1.165, 1.54) is 6.07 Å². The number of ether oxygens (including phenoxy) is 2. The fourth-order valence-electron chi connectivity index (χ4n) is 4.85. The Kier molecular flexibility index (Phi) is 7.97. The molecular formula is C24H37N3O4. The van der Waals surface area contributed by atoms with Crippen molar-refractivity contribution in [3.05, 3.63) is 29.8 Å². The molecule has 0 unspecified atom stereocenters. The predicted octanol–water partition coefficient (Wildman–Crippen LogP) is 3.76. The minimum atomic E-state index is -0.0240. The summed E-state index contributed by atoms with van der Waals surface area (Å²) in [5, 5.41) is 29.4. The van der Waals surface area contributed by atoms with Crippen molar-refractivity contribution in [2.45, 2.75) is 57.5 Å². The first-order valence-electron chi connectivity index (χ1n) is 11.3. The van der Waals surface area contributed by atoms with E-state index in [2.05, 4.69) is 11.5 Å². The molecule has 3 N–H and O–H groups in total. The van der Waals surface area contributed by atoms with Crippen molar-refractivity contribution in [2.24, 2.45) is 0 Å². The van der Waals surface area contributed by atoms with E-state index in [0.29, 0.717) is 23.1 Å². The van der Waals surface area contributed by atoms with E-state index >= 15 is 0 Å². The van der Waals surface area contributed by atoms with Crippen molar-refractivity contribution >= 4 is 11.5 Å². The Morgan fingerprint density at radius 1 is 1.19 bits per heavy atom. The molecule has 1 heterocycles. The second-order valence-electron chi connectivity index (χ2n) is 8.89. The standard InChI is InChI=1S/C24H37N3O4/c1-16(2)20-13-21(23(29)14-22(20)28)17(3)27(24(25)15-30-4)19-7-5-18(6-8-19)26-9-11-31-12-10-26/h13-14,16,18-19,25,28-29H,3,5-12,15H2,1-2,4H3. The van der Waals surface area contributed by atoms with E-state index < -0.39 is 0 Å². The first kappa shape index (κ1) is 23.6. The van der Waals surface area contributed by atoms with Gasteiger partial charge in [-0.3, -0.25) is 10.3 Å². The summed E-state index contributed by atoms with van der Waals surface area (Å²) in [6.07, 6.45) is 4.02. The summed E-state index contributed by atoms with van der Waals surface area (Å²) >= 11 is 0. The third-order valence-electron chi connectivity index (χ3n) is 6.53. The van der Waals surface area contributed by atoms with Crippen LogP contribution in [-0.4, -0.2) is 78.0 Å². The van der Waals surface area contributed by atoms with Crippen LogP contribution in [0.5, 0.6) is 11.5 Å². The molecule has 7 heteroatoms. The fourth-order valence-corrected chi connectivity index (χ4v) is 4.85. The van der Waals surface area contributed by atoms with Gasteiger partial charge in [0.15, 0.2) is 0 Å². The lowest BCUT2D eigenvalue weighted by Crippen LogP contribution is -2.48. The van der Waals surface area contributed by atoms with Crippen molar-refractivity contribution in [2.75, 3.05) is 40.0 Å². The minimum absolute atomic E-state index is 0.0240. The van der Waals surface area contributed by atoms with Gasteiger partial charge in [-0.2, -0.15) is 0 Å². The van der Waals surface area contributed by atoms with Gasteiger partial charge in [-0.15, -0.1) is 0 Å². The topological polar surface area (TPSA) is 89.3 Å². The lowest BCUT2D eigenvalue weighted by Gasteiger charge is -2.43. The Balaban J connectivity index is 1.81. The molecule has 3 rings (SSSR count). The smallest absolute Gasteiger partial charge is 0.128 e. The number of nitrogens with zero attached hydrogens (tertiary/aromatic N) is 2. The molecule has 1 aromatic carbocycles. The number of benzene rings is 1. The SMILES string of the molecule is C=C(c1cc(C(C)C)c(O)cc1O)N(C(=N)COC)C1CCC(N2CCOCC2)CC1. The van der Waals surface area contributed by atoms with Gasteiger partial charge in [-0.05, 0) is 43.2 Å². The monoisotopic (exact) mass is 431 g/mol. The molecule has 0 atom stereocenters. The number of nitrogens with one attached hydrogen (secondary N) is 1. The van der Waals surface area contributed by atoms with Crippen molar-refractivity contribution in [1.29, 1.82) is 5.41 Å². The number of phenolic OH excluding ortho intramolecular Hbond substituents is 2. The van der Waals surface area contributed by atoms with Gasteiger partial charge in [0.25, 0.3) is 0 Å². The van der Waals surface area contributed by atoms with E-state index in [1.807, 2.05) is 18.7 Å². The second-order valence-corrected chi connectivity index (χ2v) is 8.89. The van der Waals surface area contributed by atoms with E-state index in [9.17, 15) is 10.2 Å². The lowest BCUT2D eigenvalue weighted by atomic mass is 9.88. The molecule has 0 aromatic heterocycles. The molecule has 1 saturated carbocycles. The molecule has 1 saturated heterocycles. The van der Waals surface area contributed by atoms with Crippen LogP contribution in [0.15, 0.2) is 18.7 Å². The van der Waals surface area contributed by atoms with Crippen LogP contribution < -0.4 is 0 Å². The number of hydrogen-bond donors (Lipinski definition) is 3. The quantitative estimate of drug-likeness (QED) is 0.450. The van der Waals surface area contributed by atoms with Crippen LogP contribution in [0.4, 0.5) is 0 Å². The van der Waals surface area contributed by atoms with Crippen LogP contribution in [0.25, 0.3) is 5.70 Å². The molecule has 1 aliphatic heterocycles. The van der Waals surface area contributed by atoms with E-state index in [-0.39, 0.29) is 30.1 Å². The largest absolute Gasteiger partial charge is 0.508 e. The minimum Gasteiger partial charge on any atom is -0.508 e. The van der Waals surface area contributed by atoms with Crippen molar-refractivity contribution in [1.82, 2.24) is 9.80 Å². The summed E-state index contributed by atoms with van der Waals surface area (Å²) in [7, 11) is 1.58. The highest BCUT2D eigenvalue weighted by Gasteiger charge is 2.33. The van der Waals surface area contributed by atoms with Gasteiger partial charge >= 0.3 is 0 Å². The Hall–Kier alpha value is -2.09. The number of rotatable bonds is 7. The molecule has 0 bridgehead atoms. The zero-order valence-electron chi connectivity index (χ0n) is 19.1. The van der Waals surface area contributed by atoms with Crippen LogP contribution >= 0.6 is 0 Å². The zero-order valence-corrected chi connectivity index (χ0v) is 19.1. The first-order valence-corrected chi connectivity index (χ1v) is 11.3. The molecule has 7 nitrogen and oxygen atoms in total. The molecule has 1 aliphatic carbocycles. The highest BCUT2D eigenvalue weighted by Crippen LogP contribution is 2.38. The van der Waals surface area contributed by atoms with Crippen LogP contribution in [0, 0.1) is 5.41 Å². The average Bonchev–Trinajstić information content (AvgIpc) is 2.75. The summed E-state index contributed by atoms with van der Waals surface area (Å²) in [6.45, 7) is 12.0. The van der Waals surface area contributed by atoms with Gasteiger partial charge in [0.2, 0.25) is 0 Å². The van der Waals surface area contributed by atoms with Crippen LogP contribution in [0.3, 0.4) is 0 Å². The highest BCUT2D eigenvalue weighted by atomic mass is 16.5. The van der Waals surface area contributed by atoms with Gasteiger partial charge in [0.05, 0.1) is 13.2 Å². The Labute approximate surface area is 185 Å². The molecule has 1 aromatic rings. The molecule has 0 spiro atoms. The van der Waals surface area contributed by atoms with E-state index in [4.69, 9.17) is 14.9 Å². The van der Waals surface area contributed by atoms with Crippen LogP contribution in [-0.2, 0) is 9.47 Å². The van der Waals surface area contributed by atoms with Crippen molar-refractivity contribution < 1.29 is 19.7 Å². The molecule has 2 fully saturated rings. The number of amidine groups is 1. The number of phenols is 2. The highest BCUT2D eigenvalue weighted by molar-refractivity contribution is 5.90. The van der Waals surface area contributed by atoms with E-state index in [0.717, 1.165) is 57.6 Å². The first-order chi connectivity index (χ1) is 14.8. The zero-order chi connectivity index (χ0) is 22.5. The maximum atomic E-state index is 10.6. The summed E-state index contributed by atoms with van der Waals surface area (Å²) in [4.78, 5) is 4.45. The molecule has 2 aliphatic rings. The molecule has 172 valence electrons. The number of hydrogen-bond acceptors (Lipinski definition) is 6. The third-order valence-corrected chi connectivity index (χ3v) is 6.53. The van der Waals surface area contributed by atoms with E-state index in [1.54, 1.807) is 13.2 Å². The van der Waals surface area contributed by atoms with Gasteiger partial charge in [-0.1, -0.05) is 20.4 Å². The maximum absolute atomic E-state index is 10.6. The Morgan fingerprint density at radius 3 is 2.42 bits per heavy atom. The fraction of sp³-hybridized carbons (Fsp3) is 0.625. The number of aromatic hydroxyl groups is 2. The van der Waals surface area contributed by atoms with Crippen molar-refractivity contribution in [3.63, 3.8) is 0 Å². The lowest BCUT2D eigenvalue weighted by molar-refractivity contribution is 0.00502. The van der Waals surface area contributed by atoms with Crippen molar-refractivity contribution in [3.8, 4) is 11.5 Å². The van der Waals surface area contributed by atoms with Gasteiger partial charge in [0.1, 0.15) is 23.9 Å². The maximum Gasteiger partial charge on any atom is 0.128 e. The summed E-state index contributed by atoms with van der Waals surface area (Å²) in [6, 6.07) is 3.86. The Morgan fingerprint density at radius 2 is 1.84 bits per heavy atom. The molecular weight excluding hydrogens is 394 g/mol. The summed E-state index contributed by atoms with van der Waals surface area (Å²) in [5.74, 6) is 0.488. The number of morpholine rings is 1. The molecule has 31 heavy (non-hydrogen) atoms. The summed E-state index contributed by atoms with van der Waals surface area (Å²) in [5.41, 5.74) is 1.89. The Bertz CT molecular complexity index is 781. The van der Waals surface area contributed by atoms with Gasteiger partial charge in [-0.25, -0.2) is 0 Å². The van der Waals surface area contributed by atoms with Crippen LogP contribution in [0.1, 0.15) is 56.6 Å².